The molecule has 1 aromatic rings. The van der Waals surface area contributed by atoms with Gasteiger partial charge in [-0.1, -0.05) is 42.5 Å². The molecule has 0 aromatic heterocycles. The van der Waals surface area contributed by atoms with Gasteiger partial charge in [0, 0.05) is 37.5 Å². The number of hydrogen-bond acceptors (Lipinski definition) is 8. The molecular formula is C33H46O9. The minimum atomic E-state index is -0.783. The molecule has 8 atom stereocenters. The molecule has 2 saturated heterocycles. The summed E-state index contributed by atoms with van der Waals surface area (Å²) in [6.07, 6.45) is 14.2. The number of benzene rings is 1. The molecular weight excluding hydrogens is 540 g/mol. The average Bonchev–Trinajstić information content (AvgIpc) is 3.30. The maximum Gasteiger partial charge on any atom is 0.303 e. The molecule has 3 heterocycles. The lowest BCUT2D eigenvalue weighted by Crippen LogP contribution is -2.41. The van der Waals surface area contributed by atoms with Crippen LogP contribution in [-0.2, 0) is 35.1 Å². The molecule has 4 aliphatic rings. The Hall–Kier alpha value is -2.27. The summed E-state index contributed by atoms with van der Waals surface area (Å²) in [5.74, 6) is -0.137. The number of rotatable bonds is 13. The van der Waals surface area contributed by atoms with E-state index in [-0.39, 0.29) is 36.9 Å². The molecule has 42 heavy (non-hydrogen) atoms. The van der Waals surface area contributed by atoms with Crippen LogP contribution in [-0.4, -0.2) is 66.6 Å². The highest BCUT2D eigenvalue weighted by molar-refractivity contribution is 5.66. The number of hydrogen-bond donors (Lipinski definition) is 2. The van der Waals surface area contributed by atoms with Gasteiger partial charge in [0.2, 0.25) is 6.29 Å². The van der Waals surface area contributed by atoms with Crippen molar-refractivity contribution in [2.75, 3.05) is 13.2 Å². The normalized spacial score (nSPS) is 32.5. The number of carboxylic acid groups (broad SMARTS) is 1. The molecule has 1 aliphatic carbocycles. The van der Waals surface area contributed by atoms with Crippen molar-refractivity contribution in [3.05, 3.63) is 54.1 Å². The Labute approximate surface area is 248 Å². The summed E-state index contributed by atoms with van der Waals surface area (Å²) in [5, 5.41) is 20.1. The van der Waals surface area contributed by atoms with Crippen molar-refractivity contribution >= 4 is 5.97 Å². The van der Waals surface area contributed by atoms with Crippen molar-refractivity contribution in [2.24, 2.45) is 11.8 Å². The molecule has 3 fully saturated rings. The average molecular weight is 587 g/mol. The van der Waals surface area contributed by atoms with Crippen LogP contribution in [0, 0.1) is 11.8 Å². The van der Waals surface area contributed by atoms with Crippen LogP contribution in [0.25, 0.3) is 0 Å². The van der Waals surface area contributed by atoms with Gasteiger partial charge >= 0.3 is 5.97 Å². The Morgan fingerprint density at radius 2 is 1.81 bits per heavy atom. The van der Waals surface area contributed by atoms with Crippen LogP contribution in [0.15, 0.2) is 48.6 Å². The summed E-state index contributed by atoms with van der Waals surface area (Å²) in [5.41, 5.74) is 1.00. The molecule has 3 aliphatic heterocycles. The van der Waals surface area contributed by atoms with Gasteiger partial charge in [-0.05, 0) is 69.8 Å². The van der Waals surface area contributed by atoms with Gasteiger partial charge in [-0.15, -0.1) is 0 Å². The van der Waals surface area contributed by atoms with Crippen molar-refractivity contribution < 1.29 is 43.4 Å². The number of carboxylic acids is 1. The van der Waals surface area contributed by atoms with Crippen LogP contribution in [0.3, 0.4) is 0 Å². The van der Waals surface area contributed by atoms with E-state index in [0.29, 0.717) is 45.5 Å². The third-order valence-corrected chi connectivity index (χ3v) is 8.55. The van der Waals surface area contributed by atoms with Crippen molar-refractivity contribution in [2.45, 2.75) is 114 Å². The number of allylic oxidation sites excluding steroid dienone is 2. The second-order valence-corrected chi connectivity index (χ2v) is 11.7. The Morgan fingerprint density at radius 1 is 1.02 bits per heavy atom. The van der Waals surface area contributed by atoms with Crippen LogP contribution in [0.4, 0.5) is 0 Å². The smallest absolute Gasteiger partial charge is 0.303 e. The molecule has 1 saturated carbocycles. The molecule has 0 radical (unpaired) electrons. The first-order chi connectivity index (χ1) is 20.6. The topological polar surface area (TPSA) is 113 Å². The first-order valence-electron chi connectivity index (χ1n) is 15.7. The van der Waals surface area contributed by atoms with E-state index in [1.807, 2.05) is 36.4 Å². The number of fused-ring (bicyclic) bond motifs is 1. The van der Waals surface area contributed by atoms with Gasteiger partial charge in [-0.3, -0.25) is 4.79 Å². The molecule has 5 rings (SSSR count). The number of aliphatic hydroxyl groups excluding tert-OH is 1. The summed E-state index contributed by atoms with van der Waals surface area (Å²) in [7, 11) is 0. The molecule has 9 nitrogen and oxygen atoms in total. The largest absolute Gasteiger partial charge is 0.481 e. The lowest BCUT2D eigenvalue weighted by Gasteiger charge is -2.34. The fraction of sp³-hybridized carbons (Fsp3) is 0.667. The van der Waals surface area contributed by atoms with Gasteiger partial charge in [0.1, 0.15) is 11.9 Å². The zero-order chi connectivity index (χ0) is 29.1. The predicted molar refractivity (Wildman–Crippen MR) is 155 cm³/mol. The van der Waals surface area contributed by atoms with E-state index in [2.05, 4.69) is 12.2 Å². The molecule has 2 N–H and O–H groups in total. The maximum atomic E-state index is 11.2. The lowest BCUT2D eigenvalue weighted by atomic mass is 9.89. The Balaban J connectivity index is 1.32. The molecule has 0 amide bonds. The monoisotopic (exact) mass is 586 g/mol. The van der Waals surface area contributed by atoms with E-state index in [1.165, 1.54) is 0 Å². The van der Waals surface area contributed by atoms with E-state index >= 15 is 0 Å². The summed E-state index contributed by atoms with van der Waals surface area (Å²) in [6.45, 7) is 1.80. The van der Waals surface area contributed by atoms with Gasteiger partial charge in [-0.2, -0.15) is 0 Å². The van der Waals surface area contributed by atoms with Crippen LogP contribution in [0.1, 0.15) is 76.2 Å². The first kappa shape index (κ1) is 31.2. The van der Waals surface area contributed by atoms with Crippen molar-refractivity contribution in [1.82, 2.24) is 0 Å². The number of unbranched alkanes of at least 4 members (excludes halogenated alkanes) is 1. The van der Waals surface area contributed by atoms with E-state index in [9.17, 15) is 9.90 Å². The van der Waals surface area contributed by atoms with Crippen LogP contribution < -0.4 is 4.74 Å². The van der Waals surface area contributed by atoms with Gasteiger partial charge < -0.3 is 38.6 Å². The van der Waals surface area contributed by atoms with Gasteiger partial charge in [-0.25, -0.2) is 0 Å². The highest BCUT2D eigenvalue weighted by Gasteiger charge is 2.43. The van der Waals surface area contributed by atoms with Crippen LogP contribution in [0.2, 0.25) is 0 Å². The highest BCUT2D eigenvalue weighted by Crippen LogP contribution is 2.40. The maximum absolute atomic E-state index is 11.2. The van der Waals surface area contributed by atoms with Crippen molar-refractivity contribution in [3.63, 3.8) is 0 Å². The lowest BCUT2D eigenvalue weighted by molar-refractivity contribution is -0.236. The quantitative estimate of drug-likeness (QED) is 0.229. The summed E-state index contributed by atoms with van der Waals surface area (Å²) in [4.78, 5) is 10.8. The fourth-order valence-corrected chi connectivity index (χ4v) is 6.25. The molecule has 232 valence electrons. The second-order valence-electron chi connectivity index (χ2n) is 11.7. The number of aliphatic hydroxyl groups is 1. The number of carbonyl (C=O) groups is 1. The van der Waals surface area contributed by atoms with Crippen LogP contribution in [0.5, 0.6) is 5.75 Å². The third-order valence-electron chi connectivity index (χ3n) is 8.55. The van der Waals surface area contributed by atoms with E-state index in [1.54, 1.807) is 0 Å². The van der Waals surface area contributed by atoms with E-state index in [0.717, 1.165) is 49.8 Å². The van der Waals surface area contributed by atoms with E-state index in [4.69, 9.17) is 33.5 Å². The first-order valence-corrected chi connectivity index (χ1v) is 15.7. The van der Waals surface area contributed by atoms with Crippen molar-refractivity contribution in [3.8, 4) is 5.75 Å². The molecule has 9 heteroatoms. The Bertz CT molecular complexity index is 1030. The van der Waals surface area contributed by atoms with E-state index < -0.39 is 24.5 Å². The zero-order valence-corrected chi connectivity index (χ0v) is 24.4. The van der Waals surface area contributed by atoms with Gasteiger partial charge in [0.05, 0.1) is 18.8 Å². The third kappa shape index (κ3) is 8.88. The highest BCUT2D eigenvalue weighted by atomic mass is 16.7. The molecule has 0 bridgehead atoms. The Morgan fingerprint density at radius 3 is 2.57 bits per heavy atom. The fourth-order valence-electron chi connectivity index (χ4n) is 6.25. The Kier molecular flexibility index (Phi) is 11.9. The predicted octanol–water partition coefficient (Wildman–Crippen LogP) is 5.50. The standard InChI is InChI=1S/C33H46O9/c34-26-21-29(41-32-16-8-10-20-38-32)25(24(26)12-3-1-2-4-14-30(35)36)17-18-28(40-31-15-7-9-19-37-31)33-39-22-23-11-5-6-13-27(23)42-33/h1,3,5-6,11,13,17-18,24-26,28-29,31-34H,2,4,7-10,12,14-16,19-22H2,(H,35,36)/b3-1-,18-17+/t24-,25-,26+,28-,29-,31?,32?,33?/m1/s1. The summed E-state index contributed by atoms with van der Waals surface area (Å²) >= 11 is 0. The zero-order valence-electron chi connectivity index (χ0n) is 24.4. The number of para-hydroxylation sites is 1. The SMILES string of the molecule is O=C(O)CCC/C=C\C[C@@H]1[C@@H](/C=C/[C@@H](OC2CCCCO2)C2OCc3ccccc3O2)[C@H](OC2CCCCO2)C[C@@H]1O. The minimum Gasteiger partial charge on any atom is -0.481 e. The van der Waals surface area contributed by atoms with Crippen molar-refractivity contribution in [1.29, 1.82) is 0 Å². The number of ether oxygens (including phenoxy) is 6. The van der Waals surface area contributed by atoms with Crippen LogP contribution >= 0.6 is 0 Å². The van der Waals surface area contributed by atoms with Gasteiger partial charge in [0.15, 0.2) is 12.6 Å². The summed E-state index contributed by atoms with van der Waals surface area (Å²) in [6, 6.07) is 7.86. The minimum absolute atomic E-state index is 0.0638. The number of aliphatic carboxylic acids is 1. The molecule has 3 unspecified atom stereocenters. The molecule has 1 aromatic carbocycles. The summed E-state index contributed by atoms with van der Waals surface area (Å²) < 4.78 is 37.1. The molecule has 0 spiro atoms. The van der Waals surface area contributed by atoms with Gasteiger partial charge in [0.25, 0.3) is 0 Å². The second kappa shape index (κ2) is 16.0.